The van der Waals surface area contributed by atoms with E-state index in [9.17, 15) is 18.5 Å². The fourth-order valence-electron chi connectivity index (χ4n) is 3.17. The van der Waals surface area contributed by atoms with Crippen LogP contribution >= 0.6 is 0 Å². The summed E-state index contributed by atoms with van der Waals surface area (Å²) < 4.78 is 33.8. The quantitative estimate of drug-likeness (QED) is 0.328. The highest BCUT2D eigenvalue weighted by Crippen LogP contribution is 2.29. The molecular formula is C20H20N6O5S. The molecule has 0 unspecified atom stereocenters. The number of nitro benzene ring substituents is 1. The number of nitrogens with one attached hydrogen (secondary N) is 1. The molecule has 1 aliphatic rings. The molecule has 2 aromatic carbocycles. The molecule has 0 saturated carbocycles. The fraction of sp³-hybridized carbons (Fsp3) is 0.200. The van der Waals surface area contributed by atoms with Gasteiger partial charge in [-0.05, 0) is 29.8 Å². The minimum absolute atomic E-state index is 0.0854. The van der Waals surface area contributed by atoms with E-state index in [1.165, 1.54) is 22.7 Å². The summed E-state index contributed by atoms with van der Waals surface area (Å²) in [6.07, 6.45) is 6.71. The molecule has 0 spiro atoms. The number of hydrazone groups is 1. The van der Waals surface area contributed by atoms with Gasteiger partial charge in [0.2, 0.25) is 10.0 Å². The average molecular weight is 456 g/mol. The van der Waals surface area contributed by atoms with Crippen molar-refractivity contribution in [3.63, 3.8) is 0 Å². The zero-order chi connectivity index (χ0) is 22.6. The van der Waals surface area contributed by atoms with E-state index >= 15 is 0 Å². The number of rotatable bonds is 7. The van der Waals surface area contributed by atoms with Gasteiger partial charge in [-0.2, -0.15) is 9.41 Å². The summed E-state index contributed by atoms with van der Waals surface area (Å²) in [7, 11) is -3.84. The third-order valence-corrected chi connectivity index (χ3v) is 6.76. The zero-order valence-corrected chi connectivity index (χ0v) is 17.7. The molecule has 1 fully saturated rings. The van der Waals surface area contributed by atoms with Crippen LogP contribution in [0.25, 0.3) is 5.69 Å². The smallest absolute Gasteiger partial charge is 0.295 e. The number of anilines is 1. The Morgan fingerprint density at radius 3 is 2.56 bits per heavy atom. The molecule has 166 valence electrons. The van der Waals surface area contributed by atoms with E-state index in [0.29, 0.717) is 13.2 Å². The Morgan fingerprint density at radius 1 is 1.16 bits per heavy atom. The lowest BCUT2D eigenvalue weighted by Gasteiger charge is -2.26. The zero-order valence-electron chi connectivity index (χ0n) is 16.9. The lowest BCUT2D eigenvalue weighted by atomic mass is 10.2. The summed E-state index contributed by atoms with van der Waals surface area (Å²) in [6.45, 7) is 0.998. The largest absolute Gasteiger partial charge is 0.379 e. The number of ether oxygens (including phenoxy) is 1. The summed E-state index contributed by atoms with van der Waals surface area (Å²) in [5.74, 6) is 0. The Kier molecular flexibility index (Phi) is 6.25. The number of nitro groups is 1. The summed E-state index contributed by atoms with van der Waals surface area (Å²) in [5, 5.41) is 15.6. The normalized spacial score (nSPS) is 15.1. The molecule has 0 aliphatic carbocycles. The molecule has 0 radical (unpaired) electrons. The van der Waals surface area contributed by atoms with Gasteiger partial charge < -0.3 is 9.30 Å². The standard InChI is InChI=1S/C20H20N6O5S/c27-26(28)20-13-18(32(29,30)25-9-11-31-12-10-25)5-6-19(20)23-22-14-16-1-3-17(4-2-16)24-8-7-21-15-24/h1-8,13-15,23H,9-12H2/b22-14+. The van der Waals surface area contributed by atoms with Gasteiger partial charge in [-0.15, -0.1) is 0 Å². The van der Waals surface area contributed by atoms with E-state index in [2.05, 4.69) is 15.5 Å². The van der Waals surface area contributed by atoms with Crippen LogP contribution in [0.3, 0.4) is 0 Å². The molecule has 4 rings (SSSR count). The number of hydrogen-bond donors (Lipinski definition) is 1. The number of imidazole rings is 1. The molecule has 1 N–H and O–H groups in total. The van der Waals surface area contributed by atoms with Crippen molar-refractivity contribution in [3.8, 4) is 5.69 Å². The van der Waals surface area contributed by atoms with Gasteiger partial charge in [0.1, 0.15) is 5.69 Å². The highest BCUT2D eigenvalue weighted by Gasteiger charge is 2.28. The van der Waals surface area contributed by atoms with Crippen LogP contribution in [0, 0.1) is 10.1 Å². The maximum absolute atomic E-state index is 12.8. The minimum Gasteiger partial charge on any atom is -0.379 e. The lowest BCUT2D eigenvalue weighted by molar-refractivity contribution is -0.384. The molecule has 1 aliphatic heterocycles. The molecule has 32 heavy (non-hydrogen) atoms. The van der Waals surface area contributed by atoms with Crippen molar-refractivity contribution in [1.82, 2.24) is 13.9 Å². The summed E-state index contributed by atoms with van der Waals surface area (Å²) >= 11 is 0. The summed E-state index contributed by atoms with van der Waals surface area (Å²) in [4.78, 5) is 14.8. The van der Waals surface area contributed by atoms with E-state index in [1.54, 1.807) is 12.5 Å². The van der Waals surface area contributed by atoms with Crippen LogP contribution in [0.2, 0.25) is 0 Å². The summed E-state index contributed by atoms with van der Waals surface area (Å²) in [6, 6.07) is 11.2. The maximum atomic E-state index is 12.8. The second-order valence-electron chi connectivity index (χ2n) is 6.88. The first-order chi connectivity index (χ1) is 15.4. The number of nitrogens with zero attached hydrogens (tertiary/aromatic N) is 5. The molecule has 0 atom stereocenters. The van der Waals surface area contributed by atoms with Crippen LogP contribution in [0.4, 0.5) is 11.4 Å². The topological polar surface area (TPSA) is 132 Å². The van der Waals surface area contributed by atoms with E-state index in [-0.39, 0.29) is 29.4 Å². The van der Waals surface area contributed by atoms with Crippen LogP contribution in [0.5, 0.6) is 0 Å². The monoisotopic (exact) mass is 456 g/mol. The van der Waals surface area contributed by atoms with E-state index in [4.69, 9.17) is 4.74 Å². The molecule has 1 aromatic heterocycles. The van der Waals surface area contributed by atoms with Crippen molar-refractivity contribution in [2.24, 2.45) is 5.10 Å². The SMILES string of the molecule is O=[N+]([O-])c1cc(S(=O)(=O)N2CCOCC2)ccc1N/N=C/c1ccc(-n2ccnc2)cc1. The van der Waals surface area contributed by atoms with Crippen LogP contribution < -0.4 is 5.43 Å². The van der Waals surface area contributed by atoms with E-state index in [1.807, 2.05) is 35.0 Å². The Hall–Kier alpha value is -3.61. The van der Waals surface area contributed by atoms with Crippen molar-refractivity contribution in [1.29, 1.82) is 0 Å². The molecule has 0 amide bonds. The lowest BCUT2D eigenvalue weighted by Crippen LogP contribution is -2.40. The van der Waals surface area contributed by atoms with Crippen molar-refractivity contribution in [2.45, 2.75) is 4.90 Å². The van der Waals surface area contributed by atoms with Gasteiger partial charge in [0.25, 0.3) is 5.69 Å². The van der Waals surface area contributed by atoms with Crippen LogP contribution in [-0.4, -0.2) is 59.7 Å². The average Bonchev–Trinajstić information content (AvgIpc) is 3.35. The van der Waals surface area contributed by atoms with Gasteiger partial charge in [-0.3, -0.25) is 15.5 Å². The van der Waals surface area contributed by atoms with E-state index in [0.717, 1.165) is 17.3 Å². The van der Waals surface area contributed by atoms with Gasteiger partial charge in [0.15, 0.2) is 0 Å². The van der Waals surface area contributed by atoms with Crippen molar-refractivity contribution in [2.75, 3.05) is 31.7 Å². The Balaban J connectivity index is 1.50. The number of benzene rings is 2. The van der Waals surface area contributed by atoms with Gasteiger partial charge in [0, 0.05) is 37.2 Å². The molecule has 0 bridgehead atoms. The first-order valence-corrected chi connectivity index (χ1v) is 11.1. The fourth-order valence-corrected chi connectivity index (χ4v) is 4.60. The maximum Gasteiger partial charge on any atom is 0.295 e. The van der Waals surface area contributed by atoms with Gasteiger partial charge >= 0.3 is 0 Å². The molecular weight excluding hydrogens is 436 g/mol. The molecule has 3 aromatic rings. The Morgan fingerprint density at radius 2 is 1.91 bits per heavy atom. The predicted octanol–water partition coefficient (Wildman–Crippen LogP) is 2.25. The Bertz CT molecular complexity index is 1220. The Labute approximate surface area is 184 Å². The number of aromatic nitrogens is 2. The van der Waals surface area contributed by atoms with Crippen LogP contribution in [0.15, 0.2) is 71.2 Å². The highest BCUT2D eigenvalue weighted by molar-refractivity contribution is 7.89. The first-order valence-electron chi connectivity index (χ1n) is 9.69. The van der Waals surface area contributed by atoms with Crippen molar-refractivity contribution < 1.29 is 18.1 Å². The molecule has 1 saturated heterocycles. The van der Waals surface area contributed by atoms with Crippen LogP contribution in [0.1, 0.15) is 5.56 Å². The third kappa shape index (κ3) is 4.66. The number of morpholine rings is 1. The van der Waals surface area contributed by atoms with Crippen molar-refractivity contribution in [3.05, 3.63) is 76.9 Å². The molecule has 12 heteroatoms. The number of hydrogen-bond acceptors (Lipinski definition) is 8. The third-order valence-electron chi connectivity index (χ3n) is 4.87. The molecule has 2 heterocycles. The minimum atomic E-state index is -3.84. The molecule has 11 nitrogen and oxygen atoms in total. The summed E-state index contributed by atoms with van der Waals surface area (Å²) in [5.41, 5.74) is 4.04. The predicted molar refractivity (Wildman–Crippen MR) is 117 cm³/mol. The van der Waals surface area contributed by atoms with Crippen LogP contribution in [-0.2, 0) is 14.8 Å². The van der Waals surface area contributed by atoms with E-state index < -0.39 is 14.9 Å². The first kappa shape index (κ1) is 21.6. The second kappa shape index (κ2) is 9.26. The van der Waals surface area contributed by atoms with Crippen molar-refractivity contribution >= 4 is 27.6 Å². The van der Waals surface area contributed by atoms with Gasteiger partial charge in [-0.1, -0.05) is 12.1 Å². The number of sulfonamides is 1. The van der Waals surface area contributed by atoms with Gasteiger partial charge in [-0.25, -0.2) is 13.4 Å². The highest BCUT2D eigenvalue weighted by atomic mass is 32.2. The second-order valence-corrected chi connectivity index (χ2v) is 8.82. The van der Waals surface area contributed by atoms with Gasteiger partial charge in [0.05, 0.1) is 35.6 Å².